The van der Waals surface area contributed by atoms with Gasteiger partial charge in [0, 0.05) is 34.5 Å². The zero-order chi connectivity index (χ0) is 27.5. The van der Waals surface area contributed by atoms with Crippen molar-refractivity contribution in [1.82, 2.24) is 20.2 Å². The van der Waals surface area contributed by atoms with Gasteiger partial charge in [0.05, 0.1) is 16.1 Å². The van der Waals surface area contributed by atoms with Crippen molar-refractivity contribution >= 4 is 57.5 Å². The van der Waals surface area contributed by atoms with Crippen LogP contribution in [0.2, 0.25) is 0 Å². The standard InChI is InChI=1S/C28H25N5O4S3/c34-24(30-20-10-11-20)19-8-6-18(7-9-19)21-14-39-27(31-21)32-25(35)22-15-38-26(23-12-29-16-40-23)33(22)28(36)37-13-17-4-2-1-3-5-17/h1-9,12,14,16,20,22,26H,10-11,13,15H2,(H,30,34)(H,31,32,35)/t22?,26-/m1/s1. The molecule has 2 N–H and O–H groups in total. The van der Waals surface area contributed by atoms with Crippen LogP contribution in [0, 0.1) is 0 Å². The van der Waals surface area contributed by atoms with Crippen LogP contribution in [0.4, 0.5) is 9.93 Å². The molecular formula is C28H25N5O4S3. The SMILES string of the molecule is O=C(NC1CC1)c1ccc(-c2csc(NC(=O)C3CS[C@H](c4cncs4)N3C(=O)OCc3ccccc3)n2)cc1. The van der Waals surface area contributed by atoms with Crippen molar-refractivity contribution in [3.8, 4) is 11.3 Å². The molecule has 4 aromatic rings. The lowest BCUT2D eigenvalue weighted by atomic mass is 10.1. The van der Waals surface area contributed by atoms with Crippen LogP contribution in [0.3, 0.4) is 0 Å². The number of amides is 3. The molecule has 6 rings (SSSR count). The number of benzene rings is 2. The summed E-state index contributed by atoms with van der Waals surface area (Å²) in [6.45, 7) is 0.113. The third-order valence-electron chi connectivity index (χ3n) is 6.50. The molecule has 40 heavy (non-hydrogen) atoms. The van der Waals surface area contributed by atoms with Gasteiger partial charge in [-0.2, -0.15) is 0 Å². The minimum Gasteiger partial charge on any atom is -0.444 e. The predicted molar refractivity (Wildman–Crippen MR) is 156 cm³/mol. The van der Waals surface area contributed by atoms with E-state index in [9.17, 15) is 14.4 Å². The molecule has 3 heterocycles. The van der Waals surface area contributed by atoms with Gasteiger partial charge < -0.3 is 15.4 Å². The first-order valence-corrected chi connectivity index (χ1v) is 15.5. The number of nitrogens with zero attached hydrogens (tertiary/aromatic N) is 3. The van der Waals surface area contributed by atoms with Crippen LogP contribution >= 0.6 is 34.4 Å². The first-order chi connectivity index (χ1) is 19.5. The van der Waals surface area contributed by atoms with Gasteiger partial charge in [-0.05, 0) is 30.5 Å². The number of nitrogens with one attached hydrogen (secondary N) is 2. The van der Waals surface area contributed by atoms with E-state index in [0.717, 1.165) is 28.8 Å². The van der Waals surface area contributed by atoms with E-state index < -0.39 is 12.1 Å². The van der Waals surface area contributed by atoms with Gasteiger partial charge in [0.15, 0.2) is 5.13 Å². The highest BCUT2D eigenvalue weighted by molar-refractivity contribution is 7.99. The number of carbonyl (C=O) groups excluding carboxylic acids is 3. The van der Waals surface area contributed by atoms with Crippen LogP contribution in [0.1, 0.15) is 39.0 Å². The Morgan fingerprint density at radius 3 is 2.55 bits per heavy atom. The Hall–Kier alpha value is -3.74. The van der Waals surface area contributed by atoms with Crippen LogP contribution < -0.4 is 10.6 Å². The van der Waals surface area contributed by atoms with Crippen LogP contribution in [0.25, 0.3) is 11.3 Å². The van der Waals surface area contributed by atoms with Gasteiger partial charge in [-0.25, -0.2) is 9.78 Å². The van der Waals surface area contributed by atoms with Crippen LogP contribution in [0.5, 0.6) is 0 Å². The molecule has 2 aromatic carbocycles. The number of carbonyl (C=O) groups is 3. The monoisotopic (exact) mass is 591 g/mol. The number of hydrogen-bond donors (Lipinski definition) is 2. The average Bonchev–Trinajstić information content (AvgIpc) is 3.36. The second kappa shape index (κ2) is 11.8. The van der Waals surface area contributed by atoms with Gasteiger partial charge >= 0.3 is 6.09 Å². The highest BCUT2D eigenvalue weighted by atomic mass is 32.2. The fourth-order valence-electron chi connectivity index (χ4n) is 4.23. The van der Waals surface area contributed by atoms with Gasteiger partial charge in [0.1, 0.15) is 18.0 Å². The van der Waals surface area contributed by atoms with Crippen LogP contribution in [0.15, 0.2) is 71.7 Å². The van der Waals surface area contributed by atoms with E-state index in [1.807, 2.05) is 47.8 Å². The molecule has 0 radical (unpaired) electrons. The fourth-order valence-corrected chi connectivity index (χ4v) is 7.22. The molecule has 0 bridgehead atoms. The van der Waals surface area contributed by atoms with Crippen molar-refractivity contribution in [2.75, 3.05) is 11.1 Å². The molecule has 1 unspecified atom stereocenters. The van der Waals surface area contributed by atoms with Crippen molar-refractivity contribution in [3.63, 3.8) is 0 Å². The number of thiazole rings is 2. The molecule has 2 atom stereocenters. The molecule has 1 aliphatic heterocycles. The van der Waals surface area contributed by atoms with Crippen molar-refractivity contribution in [2.45, 2.75) is 36.9 Å². The lowest BCUT2D eigenvalue weighted by Crippen LogP contribution is -2.45. The summed E-state index contributed by atoms with van der Waals surface area (Å²) in [6, 6.07) is 16.2. The summed E-state index contributed by atoms with van der Waals surface area (Å²) in [7, 11) is 0. The van der Waals surface area contributed by atoms with Gasteiger partial charge in [-0.15, -0.1) is 34.4 Å². The van der Waals surface area contributed by atoms with Gasteiger partial charge in [0.25, 0.3) is 5.91 Å². The predicted octanol–water partition coefficient (Wildman–Crippen LogP) is 5.55. The molecule has 3 amide bonds. The average molecular weight is 592 g/mol. The quantitative estimate of drug-likeness (QED) is 0.276. The topological polar surface area (TPSA) is 114 Å². The Morgan fingerprint density at radius 1 is 1.02 bits per heavy atom. The zero-order valence-electron chi connectivity index (χ0n) is 21.2. The van der Waals surface area contributed by atoms with Gasteiger partial charge in [0.2, 0.25) is 5.91 Å². The number of rotatable bonds is 8. The van der Waals surface area contributed by atoms with Gasteiger partial charge in [-0.3, -0.25) is 19.5 Å². The molecule has 2 fully saturated rings. The zero-order valence-corrected chi connectivity index (χ0v) is 23.6. The maximum Gasteiger partial charge on any atom is 0.412 e. The minimum atomic E-state index is -0.739. The number of anilines is 1. The van der Waals surface area contributed by atoms with Crippen molar-refractivity contribution in [3.05, 3.63) is 87.7 Å². The summed E-state index contributed by atoms with van der Waals surface area (Å²) in [6.07, 6.45) is 3.23. The molecule has 204 valence electrons. The number of aromatic nitrogens is 2. The summed E-state index contributed by atoms with van der Waals surface area (Å²) in [5.74, 6) is 0.0136. The largest absolute Gasteiger partial charge is 0.444 e. The molecule has 1 saturated heterocycles. The van der Waals surface area contributed by atoms with Crippen molar-refractivity contribution in [2.24, 2.45) is 0 Å². The molecule has 1 aliphatic carbocycles. The van der Waals surface area contributed by atoms with E-state index in [0.29, 0.717) is 28.2 Å². The lowest BCUT2D eigenvalue weighted by Gasteiger charge is -2.27. The Balaban J connectivity index is 1.13. The van der Waals surface area contributed by atoms with Crippen molar-refractivity contribution in [1.29, 1.82) is 0 Å². The molecule has 2 aromatic heterocycles. The van der Waals surface area contributed by atoms with Crippen LogP contribution in [-0.2, 0) is 16.1 Å². The van der Waals surface area contributed by atoms with E-state index >= 15 is 0 Å². The number of hydrogen-bond acceptors (Lipinski definition) is 9. The Bertz CT molecular complexity index is 1490. The van der Waals surface area contributed by atoms with E-state index in [1.54, 1.807) is 23.8 Å². The summed E-state index contributed by atoms with van der Waals surface area (Å²) in [4.78, 5) is 50.1. The maximum atomic E-state index is 13.4. The summed E-state index contributed by atoms with van der Waals surface area (Å²) in [5.41, 5.74) is 4.71. The van der Waals surface area contributed by atoms with Gasteiger partial charge in [-0.1, -0.05) is 42.5 Å². The van der Waals surface area contributed by atoms with E-state index in [1.165, 1.54) is 39.3 Å². The van der Waals surface area contributed by atoms with E-state index in [-0.39, 0.29) is 23.8 Å². The Labute approximate surface area is 243 Å². The molecule has 9 nitrogen and oxygen atoms in total. The molecular weight excluding hydrogens is 567 g/mol. The minimum absolute atomic E-state index is 0.0711. The summed E-state index contributed by atoms with van der Waals surface area (Å²) >= 11 is 4.24. The second-order valence-corrected chi connectivity index (χ2v) is 12.3. The van der Waals surface area contributed by atoms with Crippen LogP contribution in [-0.4, -0.2) is 50.6 Å². The Kier molecular flexibility index (Phi) is 7.80. The number of thioether (sulfide) groups is 1. The molecule has 1 saturated carbocycles. The lowest BCUT2D eigenvalue weighted by molar-refractivity contribution is -0.120. The highest BCUT2D eigenvalue weighted by Gasteiger charge is 2.44. The summed E-state index contributed by atoms with van der Waals surface area (Å²) < 4.78 is 5.62. The smallest absolute Gasteiger partial charge is 0.412 e. The molecule has 0 spiro atoms. The van der Waals surface area contributed by atoms with Crippen molar-refractivity contribution < 1.29 is 19.1 Å². The molecule has 2 aliphatic rings. The van der Waals surface area contributed by atoms with E-state index in [2.05, 4.69) is 20.6 Å². The highest BCUT2D eigenvalue weighted by Crippen LogP contribution is 2.43. The maximum absolute atomic E-state index is 13.4. The summed E-state index contributed by atoms with van der Waals surface area (Å²) in [5, 5.41) is 7.78. The Morgan fingerprint density at radius 2 is 1.82 bits per heavy atom. The molecule has 12 heteroatoms. The third-order valence-corrected chi connectivity index (χ3v) is 9.54. The fraction of sp³-hybridized carbons (Fsp3) is 0.250. The second-order valence-electron chi connectivity index (χ2n) is 9.40. The number of ether oxygens (including phenoxy) is 1. The van der Waals surface area contributed by atoms with E-state index in [4.69, 9.17) is 4.74 Å². The third kappa shape index (κ3) is 6.03. The normalized spacial score (nSPS) is 18.4. The first-order valence-electron chi connectivity index (χ1n) is 12.7. The first kappa shape index (κ1) is 26.5.